The van der Waals surface area contributed by atoms with Gasteiger partial charge in [0, 0.05) is 21.8 Å². The molecule has 2 aromatic heterocycles. The van der Waals surface area contributed by atoms with Gasteiger partial charge in [-0.05, 0) is 43.7 Å². The summed E-state index contributed by atoms with van der Waals surface area (Å²) >= 11 is 7.22. The van der Waals surface area contributed by atoms with Crippen LogP contribution in [0.3, 0.4) is 0 Å². The Bertz CT molecular complexity index is 888. The second kappa shape index (κ2) is 5.59. The molecule has 0 fully saturated rings. The number of halogens is 1. The number of anilines is 2. The van der Waals surface area contributed by atoms with Gasteiger partial charge in [-0.1, -0.05) is 17.7 Å². The first kappa shape index (κ1) is 14.8. The molecule has 0 saturated heterocycles. The Morgan fingerprint density at radius 2 is 2.09 bits per heavy atom. The number of carbonyl (C=O) groups is 1. The van der Waals surface area contributed by atoms with Crippen LogP contribution >= 0.6 is 22.9 Å². The first-order valence-corrected chi connectivity index (χ1v) is 7.88. The van der Waals surface area contributed by atoms with Gasteiger partial charge in [0.25, 0.3) is 5.91 Å². The normalized spacial score (nSPS) is 10.9. The van der Waals surface area contributed by atoms with Gasteiger partial charge in [0.1, 0.15) is 9.71 Å². The number of aryl methyl sites for hydroxylation is 2. The maximum atomic E-state index is 12.4. The van der Waals surface area contributed by atoms with E-state index in [1.165, 1.54) is 11.3 Å². The van der Waals surface area contributed by atoms with E-state index in [9.17, 15) is 4.79 Å². The molecule has 3 rings (SSSR count). The number of hydrogen-bond donors (Lipinski definition) is 2. The fraction of sp³-hybridized carbons (Fsp3) is 0.125. The second-order valence-electron chi connectivity index (χ2n) is 5.05. The van der Waals surface area contributed by atoms with E-state index in [1.807, 2.05) is 19.9 Å². The highest BCUT2D eigenvalue weighted by Gasteiger charge is 2.18. The van der Waals surface area contributed by atoms with Crippen molar-refractivity contribution in [3.63, 3.8) is 0 Å². The number of rotatable bonds is 2. The largest absolute Gasteiger partial charge is 0.397 e. The van der Waals surface area contributed by atoms with Crippen LogP contribution in [0, 0.1) is 13.8 Å². The maximum absolute atomic E-state index is 12.4. The Hall–Kier alpha value is -2.11. The van der Waals surface area contributed by atoms with Crippen molar-refractivity contribution in [3.8, 4) is 0 Å². The number of nitrogens with one attached hydrogen (secondary N) is 1. The highest BCUT2D eigenvalue weighted by Crippen LogP contribution is 2.34. The van der Waals surface area contributed by atoms with E-state index in [2.05, 4.69) is 10.3 Å². The van der Waals surface area contributed by atoms with Crippen LogP contribution in [0.5, 0.6) is 0 Å². The number of fused-ring (bicyclic) bond motifs is 1. The predicted molar refractivity (Wildman–Crippen MR) is 92.9 cm³/mol. The van der Waals surface area contributed by atoms with Gasteiger partial charge in [0.15, 0.2) is 0 Å². The van der Waals surface area contributed by atoms with E-state index < -0.39 is 0 Å². The van der Waals surface area contributed by atoms with Crippen molar-refractivity contribution in [1.29, 1.82) is 0 Å². The third-order valence-corrected chi connectivity index (χ3v) is 4.80. The molecule has 0 bridgehead atoms. The second-order valence-corrected chi connectivity index (χ2v) is 6.49. The lowest BCUT2D eigenvalue weighted by Gasteiger charge is -2.04. The van der Waals surface area contributed by atoms with E-state index in [-0.39, 0.29) is 5.91 Å². The van der Waals surface area contributed by atoms with Crippen molar-refractivity contribution in [2.24, 2.45) is 0 Å². The lowest BCUT2D eigenvalue weighted by atomic mass is 10.1. The summed E-state index contributed by atoms with van der Waals surface area (Å²) < 4.78 is 0. The highest BCUT2D eigenvalue weighted by molar-refractivity contribution is 7.21. The lowest BCUT2D eigenvalue weighted by Crippen LogP contribution is -2.11. The number of nitrogens with zero attached hydrogens (tertiary/aromatic N) is 1. The van der Waals surface area contributed by atoms with Gasteiger partial charge < -0.3 is 11.1 Å². The van der Waals surface area contributed by atoms with Gasteiger partial charge in [0.2, 0.25) is 0 Å². The lowest BCUT2D eigenvalue weighted by molar-refractivity contribution is 0.103. The average Bonchev–Trinajstić information content (AvgIpc) is 2.77. The zero-order valence-electron chi connectivity index (χ0n) is 12.1. The molecule has 0 aliphatic carbocycles. The number of nitrogens with two attached hydrogens (primary N) is 1. The van der Waals surface area contributed by atoms with Crippen LogP contribution in [-0.4, -0.2) is 10.9 Å². The predicted octanol–water partition coefficient (Wildman–Crippen LogP) is 4.40. The molecular weight excluding hydrogens is 318 g/mol. The third-order valence-electron chi connectivity index (χ3n) is 3.45. The Labute approximate surface area is 136 Å². The Balaban J connectivity index is 1.99. The van der Waals surface area contributed by atoms with Crippen LogP contribution in [0.15, 0.2) is 30.3 Å². The van der Waals surface area contributed by atoms with Crippen molar-refractivity contribution in [3.05, 3.63) is 51.5 Å². The molecule has 0 saturated carbocycles. The highest BCUT2D eigenvalue weighted by atomic mass is 35.5. The minimum absolute atomic E-state index is 0.252. The van der Waals surface area contributed by atoms with Crippen LogP contribution in [0.1, 0.15) is 20.9 Å². The average molecular weight is 332 g/mol. The molecule has 22 heavy (non-hydrogen) atoms. The summed E-state index contributed by atoms with van der Waals surface area (Å²) in [5, 5.41) is 4.20. The van der Waals surface area contributed by atoms with Gasteiger partial charge in [0.05, 0.1) is 5.69 Å². The molecular formula is C16H14ClN3OS. The van der Waals surface area contributed by atoms with Gasteiger partial charge in [-0.15, -0.1) is 11.3 Å². The molecule has 6 heteroatoms. The zero-order valence-corrected chi connectivity index (χ0v) is 13.7. The molecule has 1 aromatic carbocycles. The summed E-state index contributed by atoms with van der Waals surface area (Å²) in [5.74, 6) is -0.252. The molecule has 0 aliphatic rings. The van der Waals surface area contributed by atoms with Crippen LogP contribution in [0.25, 0.3) is 10.2 Å². The van der Waals surface area contributed by atoms with Crippen LogP contribution in [-0.2, 0) is 0 Å². The molecule has 3 aromatic rings. The van der Waals surface area contributed by atoms with Crippen LogP contribution in [0.2, 0.25) is 5.02 Å². The molecule has 112 valence electrons. The summed E-state index contributed by atoms with van der Waals surface area (Å²) in [6.07, 6.45) is 0. The molecule has 0 aliphatic heterocycles. The van der Waals surface area contributed by atoms with Crippen molar-refractivity contribution in [2.75, 3.05) is 11.1 Å². The van der Waals surface area contributed by atoms with Crippen molar-refractivity contribution in [2.45, 2.75) is 13.8 Å². The fourth-order valence-electron chi connectivity index (χ4n) is 2.15. The smallest absolute Gasteiger partial charge is 0.267 e. The summed E-state index contributed by atoms with van der Waals surface area (Å²) in [6, 6.07) is 8.97. The van der Waals surface area contributed by atoms with Crippen molar-refractivity contribution < 1.29 is 4.79 Å². The molecule has 2 heterocycles. The van der Waals surface area contributed by atoms with E-state index >= 15 is 0 Å². The van der Waals surface area contributed by atoms with Gasteiger partial charge in [-0.2, -0.15) is 0 Å². The van der Waals surface area contributed by atoms with Gasteiger partial charge in [-0.3, -0.25) is 4.79 Å². The minimum atomic E-state index is -0.252. The first-order chi connectivity index (χ1) is 10.5. The Morgan fingerprint density at radius 1 is 1.32 bits per heavy atom. The summed E-state index contributed by atoms with van der Waals surface area (Å²) in [4.78, 5) is 18.2. The molecule has 1 amide bonds. The SMILES string of the molecule is Cc1cc2c(N)c(C(=O)Nc3cccc(Cl)c3)sc2nc1C. The number of benzene rings is 1. The molecule has 0 radical (unpaired) electrons. The quantitative estimate of drug-likeness (QED) is 0.731. The van der Waals surface area contributed by atoms with Gasteiger partial charge in [-0.25, -0.2) is 4.98 Å². The van der Waals surface area contributed by atoms with E-state index in [0.29, 0.717) is 21.3 Å². The molecule has 0 atom stereocenters. The van der Waals surface area contributed by atoms with E-state index in [0.717, 1.165) is 21.5 Å². The summed E-state index contributed by atoms with van der Waals surface area (Å²) in [6.45, 7) is 3.92. The molecule has 0 unspecified atom stereocenters. The number of nitrogen functional groups attached to an aromatic ring is 1. The fourth-order valence-corrected chi connectivity index (χ4v) is 3.36. The summed E-state index contributed by atoms with van der Waals surface area (Å²) in [7, 11) is 0. The number of amides is 1. The number of hydrogen-bond acceptors (Lipinski definition) is 4. The standard InChI is InChI=1S/C16H14ClN3OS/c1-8-6-12-13(18)14(22-16(12)19-9(8)2)15(21)20-11-5-3-4-10(17)7-11/h3-7H,18H2,1-2H3,(H,20,21). The monoisotopic (exact) mass is 331 g/mol. The Kier molecular flexibility index (Phi) is 3.76. The topological polar surface area (TPSA) is 68.0 Å². The number of thiophene rings is 1. The Morgan fingerprint density at radius 3 is 2.82 bits per heavy atom. The number of carbonyl (C=O) groups excluding carboxylic acids is 1. The number of aromatic nitrogens is 1. The maximum Gasteiger partial charge on any atom is 0.267 e. The number of pyridine rings is 1. The molecule has 0 spiro atoms. The van der Waals surface area contributed by atoms with Crippen LogP contribution < -0.4 is 11.1 Å². The first-order valence-electron chi connectivity index (χ1n) is 6.69. The minimum Gasteiger partial charge on any atom is -0.397 e. The summed E-state index contributed by atoms with van der Waals surface area (Å²) in [5.41, 5.74) is 9.22. The van der Waals surface area contributed by atoms with Gasteiger partial charge >= 0.3 is 0 Å². The van der Waals surface area contributed by atoms with Crippen molar-refractivity contribution in [1.82, 2.24) is 4.98 Å². The van der Waals surface area contributed by atoms with E-state index in [4.69, 9.17) is 17.3 Å². The molecule has 3 N–H and O–H groups in total. The van der Waals surface area contributed by atoms with Crippen LogP contribution in [0.4, 0.5) is 11.4 Å². The zero-order chi connectivity index (χ0) is 15.9. The molecule has 4 nitrogen and oxygen atoms in total. The van der Waals surface area contributed by atoms with E-state index in [1.54, 1.807) is 24.3 Å². The third kappa shape index (κ3) is 2.65. The van der Waals surface area contributed by atoms with Crippen molar-refractivity contribution >= 4 is 50.4 Å².